The van der Waals surface area contributed by atoms with Crippen molar-refractivity contribution in [3.8, 4) is 0 Å². The topological polar surface area (TPSA) is 149 Å². The second-order valence-electron chi connectivity index (χ2n) is 4.93. The standard InChI is InChI=1S/C11H15N5O5/c1-15-3-13-9-5(8(15)12)14-11(20)16(9)10-7(19)6(18)4(2-17)21-10/h3-4,6-7,10,12,17-19H,2H2,1H3,(H,14,20)/t4-,6-,7-,10-/m1/s1. The van der Waals surface area contributed by atoms with Gasteiger partial charge in [0.1, 0.15) is 23.8 Å². The van der Waals surface area contributed by atoms with Crippen LogP contribution in [0.2, 0.25) is 0 Å². The Labute approximate surface area is 117 Å². The Balaban J connectivity index is 2.18. The van der Waals surface area contributed by atoms with Gasteiger partial charge >= 0.3 is 5.69 Å². The average Bonchev–Trinajstić information content (AvgIpc) is 2.93. The van der Waals surface area contributed by atoms with Gasteiger partial charge in [-0.1, -0.05) is 0 Å². The summed E-state index contributed by atoms with van der Waals surface area (Å²) in [5.41, 5.74) is -0.240. The van der Waals surface area contributed by atoms with E-state index in [1.807, 2.05) is 0 Å². The van der Waals surface area contributed by atoms with Gasteiger partial charge in [-0.25, -0.2) is 14.3 Å². The number of H-pyrrole nitrogens is 1. The molecule has 0 radical (unpaired) electrons. The minimum Gasteiger partial charge on any atom is -0.394 e. The van der Waals surface area contributed by atoms with Crippen molar-refractivity contribution in [2.75, 3.05) is 6.61 Å². The van der Waals surface area contributed by atoms with Crippen molar-refractivity contribution in [2.45, 2.75) is 24.5 Å². The molecule has 0 unspecified atom stereocenters. The van der Waals surface area contributed by atoms with Crippen LogP contribution in [0, 0.1) is 5.41 Å². The number of aromatic amines is 1. The zero-order chi connectivity index (χ0) is 15.3. The monoisotopic (exact) mass is 297 g/mol. The molecule has 114 valence electrons. The van der Waals surface area contributed by atoms with Crippen molar-refractivity contribution in [1.82, 2.24) is 19.1 Å². The van der Waals surface area contributed by atoms with Crippen molar-refractivity contribution in [3.63, 3.8) is 0 Å². The maximum absolute atomic E-state index is 12.1. The van der Waals surface area contributed by atoms with Crippen LogP contribution in [0.3, 0.4) is 0 Å². The molecule has 10 nitrogen and oxygen atoms in total. The quantitative estimate of drug-likeness (QED) is 0.403. The molecule has 1 aliphatic rings. The van der Waals surface area contributed by atoms with Crippen LogP contribution in [-0.4, -0.2) is 59.3 Å². The highest BCUT2D eigenvalue weighted by molar-refractivity contribution is 5.68. The second-order valence-corrected chi connectivity index (χ2v) is 4.93. The SMILES string of the molecule is Cn1cnc2c([nH]c(=O)n2[C@@H]2O[C@H](CO)[C@@H](O)[C@H]2O)c1=N. The molecule has 1 aliphatic heterocycles. The average molecular weight is 297 g/mol. The van der Waals surface area contributed by atoms with Gasteiger partial charge in [0, 0.05) is 7.05 Å². The molecule has 3 heterocycles. The van der Waals surface area contributed by atoms with E-state index < -0.39 is 36.8 Å². The highest BCUT2D eigenvalue weighted by Crippen LogP contribution is 2.29. The fraction of sp³-hybridized carbons (Fsp3) is 0.545. The highest BCUT2D eigenvalue weighted by Gasteiger charge is 2.44. The number of aliphatic hydroxyl groups is 3. The van der Waals surface area contributed by atoms with Crippen LogP contribution in [-0.2, 0) is 11.8 Å². The Morgan fingerprint density at radius 3 is 2.81 bits per heavy atom. The summed E-state index contributed by atoms with van der Waals surface area (Å²) >= 11 is 0. The first-order valence-corrected chi connectivity index (χ1v) is 6.28. The van der Waals surface area contributed by atoms with Crippen molar-refractivity contribution >= 4 is 11.2 Å². The normalized spacial score (nSPS) is 29.3. The third-order valence-corrected chi connectivity index (χ3v) is 3.62. The molecule has 1 saturated heterocycles. The molecule has 4 atom stereocenters. The Hall–Kier alpha value is -2.01. The van der Waals surface area contributed by atoms with E-state index in [1.54, 1.807) is 7.05 Å². The van der Waals surface area contributed by atoms with Crippen LogP contribution in [0.15, 0.2) is 11.1 Å². The lowest BCUT2D eigenvalue weighted by molar-refractivity contribution is -0.0524. The summed E-state index contributed by atoms with van der Waals surface area (Å²) in [6.07, 6.45) is -3.51. The number of aryl methyl sites for hydroxylation is 1. The zero-order valence-electron chi connectivity index (χ0n) is 11.1. The molecule has 2 aromatic rings. The van der Waals surface area contributed by atoms with Gasteiger partial charge in [0.2, 0.25) is 0 Å². The molecule has 0 saturated carbocycles. The Morgan fingerprint density at radius 1 is 1.48 bits per heavy atom. The van der Waals surface area contributed by atoms with Crippen molar-refractivity contribution < 1.29 is 20.1 Å². The van der Waals surface area contributed by atoms with Crippen LogP contribution in [0.1, 0.15) is 6.23 Å². The van der Waals surface area contributed by atoms with E-state index in [0.717, 1.165) is 4.57 Å². The van der Waals surface area contributed by atoms with Gasteiger partial charge < -0.3 is 29.6 Å². The van der Waals surface area contributed by atoms with Gasteiger partial charge in [-0.15, -0.1) is 0 Å². The fourth-order valence-corrected chi connectivity index (χ4v) is 2.44. The van der Waals surface area contributed by atoms with Gasteiger partial charge in [0.15, 0.2) is 17.4 Å². The summed E-state index contributed by atoms with van der Waals surface area (Å²) in [6, 6.07) is 0. The predicted molar refractivity (Wildman–Crippen MR) is 68.2 cm³/mol. The number of ether oxygens (including phenoxy) is 1. The maximum Gasteiger partial charge on any atom is 0.330 e. The third kappa shape index (κ3) is 1.92. The smallest absolute Gasteiger partial charge is 0.330 e. The predicted octanol–water partition coefficient (Wildman–Crippen LogP) is -2.85. The number of rotatable bonds is 2. The molecule has 0 spiro atoms. The summed E-state index contributed by atoms with van der Waals surface area (Å²) in [5.74, 6) is 0. The van der Waals surface area contributed by atoms with Gasteiger partial charge in [-0.2, -0.15) is 0 Å². The van der Waals surface area contributed by atoms with Crippen LogP contribution >= 0.6 is 0 Å². The summed E-state index contributed by atoms with van der Waals surface area (Å²) in [4.78, 5) is 18.6. The number of nitrogens with zero attached hydrogens (tertiary/aromatic N) is 3. The molecule has 0 amide bonds. The maximum atomic E-state index is 12.1. The first-order chi connectivity index (χ1) is 9.95. The van der Waals surface area contributed by atoms with Crippen molar-refractivity contribution in [3.05, 3.63) is 22.3 Å². The van der Waals surface area contributed by atoms with Crippen LogP contribution in [0.25, 0.3) is 11.2 Å². The summed E-state index contributed by atoms with van der Waals surface area (Å²) in [7, 11) is 1.61. The lowest BCUT2D eigenvalue weighted by Gasteiger charge is -2.15. The molecule has 10 heteroatoms. The molecule has 0 aromatic carbocycles. The fourth-order valence-electron chi connectivity index (χ4n) is 2.44. The second kappa shape index (κ2) is 4.77. The van der Waals surface area contributed by atoms with E-state index in [1.165, 1.54) is 10.9 Å². The van der Waals surface area contributed by atoms with Crippen LogP contribution in [0.4, 0.5) is 0 Å². The number of hydrogen-bond acceptors (Lipinski definition) is 7. The minimum atomic E-state index is -1.39. The van der Waals surface area contributed by atoms with Crippen molar-refractivity contribution in [1.29, 1.82) is 5.41 Å². The van der Waals surface area contributed by atoms with E-state index in [-0.39, 0.29) is 16.7 Å². The van der Waals surface area contributed by atoms with Gasteiger partial charge in [0.25, 0.3) is 0 Å². The summed E-state index contributed by atoms with van der Waals surface area (Å²) in [6.45, 7) is -0.488. The number of hydrogen-bond donors (Lipinski definition) is 5. The van der Waals surface area contributed by atoms with Crippen LogP contribution < -0.4 is 11.2 Å². The van der Waals surface area contributed by atoms with E-state index in [4.69, 9.17) is 15.3 Å². The van der Waals surface area contributed by atoms with E-state index in [2.05, 4.69) is 9.97 Å². The first kappa shape index (κ1) is 13.9. The molecule has 21 heavy (non-hydrogen) atoms. The van der Waals surface area contributed by atoms with Crippen molar-refractivity contribution in [2.24, 2.45) is 7.05 Å². The molecule has 0 bridgehead atoms. The molecule has 5 N–H and O–H groups in total. The zero-order valence-corrected chi connectivity index (χ0v) is 11.1. The Kier molecular flexibility index (Phi) is 3.17. The molecule has 3 rings (SSSR count). The molecular weight excluding hydrogens is 282 g/mol. The lowest BCUT2D eigenvalue weighted by atomic mass is 10.1. The van der Waals surface area contributed by atoms with Gasteiger partial charge in [0.05, 0.1) is 12.9 Å². The number of aromatic nitrogens is 4. The summed E-state index contributed by atoms with van der Waals surface area (Å²) < 4.78 is 7.78. The van der Waals surface area contributed by atoms with Gasteiger partial charge in [-0.05, 0) is 0 Å². The Bertz CT molecular complexity index is 792. The largest absolute Gasteiger partial charge is 0.394 e. The first-order valence-electron chi connectivity index (χ1n) is 6.28. The number of aliphatic hydroxyl groups excluding tert-OH is 3. The third-order valence-electron chi connectivity index (χ3n) is 3.62. The number of nitrogens with one attached hydrogen (secondary N) is 2. The molecule has 2 aromatic heterocycles. The van der Waals surface area contributed by atoms with Crippen LogP contribution in [0.5, 0.6) is 0 Å². The number of imidazole rings is 1. The van der Waals surface area contributed by atoms with E-state index >= 15 is 0 Å². The summed E-state index contributed by atoms with van der Waals surface area (Å²) in [5, 5.41) is 36.7. The number of fused-ring (bicyclic) bond motifs is 1. The molecule has 0 aliphatic carbocycles. The van der Waals surface area contributed by atoms with E-state index in [9.17, 15) is 15.0 Å². The van der Waals surface area contributed by atoms with Gasteiger partial charge in [-0.3, -0.25) is 5.41 Å². The van der Waals surface area contributed by atoms with E-state index in [0.29, 0.717) is 0 Å². The Morgan fingerprint density at radius 2 is 2.19 bits per heavy atom. The molecular formula is C11H15N5O5. The highest BCUT2D eigenvalue weighted by atomic mass is 16.6. The lowest BCUT2D eigenvalue weighted by Crippen LogP contribution is -2.34. The minimum absolute atomic E-state index is 0.0441. The molecule has 1 fully saturated rings.